The fourth-order valence-corrected chi connectivity index (χ4v) is 9.93. The van der Waals surface area contributed by atoms with Crippen LogP contribution in [0.1, 0.15) is 89.5 Å². The number of benzene rings is 2. The van der Waals surface area contributed by atoms with E-state index >= 15 is 0 Å². The molecule has 4 aromatic rings. The number of guanidine groups is 1. The largest absolute Gasteiger partial charge is 0.508 e. The van der Waals surface area contributed by atoms with Gasteiger partial charge in [0.25, 0.3) is 0 Å². The van der Waals surface area contributed by atoms with E-state index in [0.29, 0.717) is 41.6 Å². The molecule has 84 heavy (non-hydrogen) atoms. The molecule has 28 heteroatoms. The summed E-state index contributed by atoms with van der Waals surface area (Å²) < 4.78 is 0. The number of hydrogen-bond donors (Lipinski definition) is 15. The Bertz CT molecular complexity index is 2980. The van der Waals surface area contributed by atoms with Crippen molar-refractivity contribution in [3.05, 3.63) is 84.1 Å². The number of para-hydroxylation sites is 1. The van der Waals surface area contributed by atoms with E-state index in [-0.39, 0.29) is 93.9 Å². The molecule has 0 aliphatic carbocycles. The summed E-state index contributed by atoms with van der Waals surface area (Å²) in [6.07, 6.45) is 5.75. The number of nitrogens with zero attached hydrogens (tertiary/aromatic N) is 3. The Morgan fingerprint density at radius 1 is 0.738 bits per heavy atom. The number of aromatic amines is 2. The van der Waals surface area contributed by atoms with Gasteiger partial charge >= 0.3 is 0 Å². The van der Waals surface area contributed by atoms with Crippen LogP contribution < -0.4 is 59.3 Å². The zero-order valence-corrected chi connectivity index (χ0v) is 47.5. The lowest BCUT2D eigenvalue weighted by Crippen LogP contribution is -2.61. The predicted octanol–water partition coefficient (Wildman–Crippen LogP) is -2.46. The monoisotopic (exact) mass is 1170 g/mol. The van der Waals surface area contributed by atoms with Crippen molar-refractivity contribution in [3.63, 3.8) is 0 Å². The zero-order chi connectivity index (χ0) is 61.0. The van der Waals surface area contributed by atoms with Gasteiger partial charge in [0.1, 0.15) is 60.1 Å². The molecule has 0 saturated carbocycles. The fourth-order valence-electron chi connectivity index (χ4n) is 9.93. The van der Waals surface area contributed by atoms with E-state index in [9.17, 15) is 58.2 Å². The number of aliphatic imine (C=N–C) groups is 1. The van der Waals surface area contributed by atoms with Crippen molar-refractivity contribution in [1.29, 1.82) is 0 Å². The van der Waals surface area contributed by atoms with Crippen molar-refractivity contribution in [2.75, 3.05) is 26.2 Å². The molecule has 0 bridgehead atoms. The first-order valence-electron chi connectivity index (χ1n) is 28.1. The highest BCUT2D eigenvalue weighted by molar-refractivity contribution is 5.99. The Balaban J connectivity index is 1.18. The van der Waals surface area contributed by atoms with Crippen LogP contribution in [0.15, 0.2) is 72.2 Å². The summed E-state index contributed by atoms with van der Waals surface area (Å²) in [5.41, 5.74) is 13.2. The molecule has 454 valence electrons. The normalized spacial score (nSPS) is 17.3. The molecule has 10 amide bonds. The molecule has 2 aromatic carbocycles. The number of aliphatic hydroxyl groups excluding tert-OH is 1. The van der Waals surface area contributed by atoms with Gasteiger partial charge in [-0.25, -0.2) is 4.98 Å². The first kappa shape index (κ1) is 64.1. The van der Waals surface area contributed by atoms with Crippen LogP contribution >= 0.6 is 0 Å². The van der Waals surface area contributed by atoms with Gasteiger partial charge in [-0.1, -0.05) is 44.2 Å². The number of fused-ring (bicyclic) bond motifs is 1. The lowest BCUT2D eigenvalue weighted by molar-refractivity contribution is -0.142. The first-order valence-corrected chi connectivity index (χ1v) is 28.1. The minimum atomic E-state index is -1.75. The third-order valence-corrected chi connectivity index (χ3v) is 14.3. The molecule has 9 atom stereocenters. The molecule has 4 heterocycles. The molecular formula is C56H78N16O12. The predicted molar refractivity (Wildman–Crippen MR) is 306 cm³/mol. The number of H-pyrrole nitrogens is 2. The molecule has 17 N–H and O–H groups in total. The number of carbonyl (C=O) groups excluding carboxylic acids is 10. The second-order valence-corrected chi connectivity index (χ2v) is 21.3. The van der Waals surface area contributed by atoms with Gasteiger partial charge in [0.2, 0.25) is 59.1 Å². The van der Waals surface area contributed by atoms with E-state index in [1.165, 1.54) is 48.6 Å². The summed E-state index contributed by atoms with van der Waals surface area (Å²) >= 11 is 0. The van der Waals surface area contributed by atoms with Crippen molar-refractivity contribution in [2.24, 2.45) is 22.4 Å². The standard InChI is InChI=1S/C56H78N16O12/c1-5-60-54(83)45-13-9-21-72(45)55(84)39(12-8-20-61-56(57)58)66-50(79)40(22-30(2)3)67-47(76)31(4)64-49(78)41(23-32-14-16-35(74)17-15-32)68-53(82)44(28-73)71-51(80)42(24-33-26-62-37-11-7-6-10-36(33)37)69-52(81)43(25-34-27-59-29-63-34)70-48(77)38-18-19-46(75)65-38/h6-7,10-11,14-17,26-27,29-31,38-45,62,73-74H,5,8-9,12-13,18-25,28H2,1-4H3,(H,59,63)(H,60,83)(H,64,78)(H,65,75)(H,66,79)(H,67,76)(H,68,82)(H,69,81)(H,70,77)(H,71,80)(H4,57,58,61)/t31-,38+,39+,40+,41+,42+,43-,44+,45+/m1/s1. The first-order chi connectivity index (χ1) is 40.1. The van der Waals surface area contributed by atoms with Gasteiger partial charge in [-0.2, -0.15) is 0 Å². The number of aliphatic hydroxyl groups is 1. The molecule has 2 aliphatic rings. The number of likely N-dealkylation sites (tertiary alicyclic amines) is 1. The summed E-state index contributed by atoms with van der Waals surface area (Å²) in [5, 5.41) is 45.3. The Kier molecular flexibility index (Phi) is 23.5. The molecular weight excluding hydrogens is 1090 g/mol. The molecule has 0 spiro atoms. The van der Waals surface area contributed by atoms with Crippen molar-refractivity contribution in [3.8, 4) is 5.75 Å². The topological polar surface area (TPSA) is 432 Å². The zero-order valence-electron chi connectivity index (χ0n) is 47.5. The smallest absolute Gasteiger partial charge is 0.245 e. The molecule has 2 fully saturated rings. The van der Waals surface area contributed by atoms with Gasteiger partial charge in [0.05, 0.1) is 12.9 Å². The Hall–Kier alpha value is -9.08. The average Bonchev–Trinajstić information content (AvgIpc) is 4.48. The Labute approximate surface area is 485 Å². The minimum absolute atomic E-state index is 0.0879. The number of imidazole rings is 1. The van der Waals surface area contributed by atoms with E-state index in [4.69, 9.17) is 11.5 Å². The molecule has 28 nitrogen and oxygen atoms in total. The molecule has 2 aromatic heterocycles. The van der Waals surface area contributed by atoms with Crippen molar-refractivity contribution < 1.29 is 58.2 Å². The Morgan fingerprint density at radius 3 is 2.01 bits per heavy atom. The maximum atomic E-state index is 14.5. The number of phenolic OH excluding ortho intramolecular Hbond substituents is 1. The van der Waals surface area contributed by atoms with Crippen LogP contribution in [0.5, 0.6) is 5.75 Å². The van der Waals surface area contributed by atoms with Crippen LogP contribution in [0.25, 0.3) is 10.9 Å². The second-order valence-electron chi connectivity index (χ2n) is 21.3. The lowest BCUT2D eigenvalue weighted by atomic mass is 10.0. The minimum Gasteiger partial charge on any atom is -0.508 e. The van der Waals surface area contributed by atoms with Crippen LogP contribution in [0.4, 0.5) is 0 Å². The summed E-state index contributed by atoms with van der Waals surface area (Å²) in [5.74, 6) is -7.43. The maximum absolute atomic E-state index is 14.5. The van der Waals surface area contributed by atoms with Crippen LogP contribution in [0.3, 0.4) is 0 Å². The van der Waals surface area contributed by atoms with E-state index in [1.54, 1.807) is 31.3 Å². The number of phenols is 1. The number of likely N-dealkylation sites (N-methyl/N-ethyl adjacent to an activating group) is 1. The van der Waals surface area contributed by atoms with Crippen molar-refractivity contribution >= 4 is 75.9 Å². The van der Waals surface area contributed by atoms with E-state index in [0.717, 1.165) is 5.52 Å². The van der Waals surface area contributed by atoms with Crippen LogP contribution in [-0.2, 0) is 67.2 Å². The third-order valence-electron chi connectivity index (χ3n) is 14.3. The molecule has 0 radical (unpaired) electrons. The van der Waals surface area contributed by atoms with Crippen molar-refractivity contribution in [1.82, 2.24) is 67.7 Å². The van der Waals surface area contributed by atoms with Crippen LogP contribution in [0, 0.1) is 5.92 Å². The second kappa shape index (κ2) is 30.8. The highest BCUT2D eigenvalue weighted by atomic mass is 16.3. The summed E-state index contributed by atoms with van der Waals surface area (Å²) in [4.78, 5) is 153. The SMILES string of the molecule is CCNC(=O)[C@@H]1CCCN1C(=O)[C@H](CCCN=C(N)N)NC(=O)[C@H](CC(C)C)NC(=O)[C@@H](C)NC(=O)[C@H](Cc1ccc(O)cc1)NC(=O)[C@H](CO)NC(=O)[C@H](Cc1c[nH]c2ccccc12)NC(=O)[C@@H](Cc1cnc[nH]1)NC(=O)[C@@H]1CCC(=O)N1. The summed E-state index contributed by atoms with van der Waals surface area (Å²) in [7, 11) is 0. The van der Waals surface area contributed by atoms with E-state index < -0.39 is 108 Å². The van der Waals surface area contributed by atoms with Gasteiger partial charge in [-0.05, 0) is 87.6 Å². The van der Waals surface area contributed by atoms with Gasteiger partial charge in [-0.3, -0.25) is 52.9 Å². The van der Waals surface area contributed by atoms with Gasteiger partial charge in [0, 0.05) is 74.3 Å². The highest BCUT2D eigenvalue weighted by Crippen LogP contribution is 2.22. The number of aromatic nitrogens is 3. The number of amides is 10. The number of aromatic hydroxyl groups is 1. The van der Waals surface area contributed by atoms with E-state index in [1.807, 2.05) is 19.9 Å². The molecule has 2 aliphatic heterocycles. The van der Waals surface area contributed by atoms with E-state index in [2.05, 4.69) is 67.8 Å². The Morgan fingerprint density at radius 2 is 1.37 bits per heavy atom. The fraction of sp³-hybridized carbons (Fsp3) is 0.500. The van der Waals surface area contributed by atoms with Crippen LogP contribution in [0.2, 0.25) is 0 Å². The summed E-state index contributed by atoms with van der Waals surface area (Å²) in [6, 6.07) is 1.50. The maximum Gasteiger partial charge on any atom is 0.245 e. The molecule has 0 unspecified atom stereocenters. The molecule has 2 saturated heterocycles. The average molecular weight is 1170 g/mol. The lowest BCUT2D eigenvalue weighted by Gasteiger charge is -2.30. The van der Waals surface area contributed by atoms with Crippen LogP contribution in [-0.4, -0.2) is 176 Å². The summed E-state index contributed by atoms with van der Waals surface area (Å²) in [6.45, 7) is 6.52. The van der Waals surface area contributed by atoms with Gasteiger partial charge < -0.3 is 84.4 Å². The number of carbonyl (C=O) groups is 10. The third kappa shape index (κ3) is 18.5. The number of nitrogens with one attached hydrogen (secondary N) is 11. The van der Waals surface area contributed by atoms with Gasteiger partial charge in [-0.15, -0.1) is 0 Å². The quantitative estimate of drug-likeness (QED) is 0.0146. The number of hydrogen-bond acceptors (Lipinski definition) is 14. The molecule has 6 rings (SSSR count). The van der Waals surface area contributed by atoms with Crippen molar-refractivity contribution in [2.45, 2.75) is 146 Å². The van der Waals surface area contributed by atoms with Gasteiger partial charge in [0.15, 0.2) is 5.96 Å². The number of rotatable bonds is 30. The highest BCUT2D eigenvalue weighted by Gasteiger charge is 2.39. The number of nitrogens with two attached hydrogens (primary N) is 2.